The van der Waals surface area contributed by atoms with E-state index in [1.54, 1.807) is 38.6 Å². The molecule has 1 aromatic carbocycles. The maximum atomic E-state index is 12.8. The topological polar surface area (TPSA) is 79.3 Å². The highest BCUT2D eigenvalue weighted by molar-refractivity contribution is 5.82. The summed E-state index contributed by atoms with van der Waals surface area (Å²) in [5.41, 5.74) is 2.94. The van der Waals surface area contributed by atoms with Gasteiger partial charge < -0.3 is 9.15 Å². The van der Waals surface area contributed by atoms with Gasteiger partial charge in [0.05, 0.1) is 17.3 Å². The average molecular weight is 405 g/mol. The van der Waals surface area contributed by atoms with E-state index in [1.165, 1.54) is 9.13 Å². The van der Waals surface area contributed by atoms with Gasteiger partial charge in [-0.2, -0.15) is 0 Å². The molecule has 0 amide bonds. The van der Waals surface area contributed by atoms with Crippen molar-refractivity contribution in [2.45, 2.75) is 33.7 Å². The molecular weight excluding hydrogens is 382 g/mol. The molecule has 0 N–H and O–H groups in total. The third kappa shape index (κ3) is 3.12. The van der Waals surface area contributed by atoms with Gasteiger partial charge in [0, 0.05) is 30.4 Å². The van der Waals surface area contributed by atoms with Crippen molar-refractivity contribution in [2.24, 2.45) is 7.05 Å². The van der Waals surface area contributed by atoms with E-state index in [0.717, 1.165) is 16.5 Å². The van der Waals surface area contributed by atoms with E-state index in [2.05, 4.69) is 4.98 Å². The third-order valence-electron chi connectivity index (χ3n) is 5.25. The van der Waals surface area contributed by atoms with E-state index in [9.17, 15) is 9.59 Å². The van der Waals surface area contributed by atoms with Crippen molar-refractivity contribution in [2.75, 3.05) is 0 Å². The maximum absolute atomic E-state index is 12.8. The van der Waals surface area contributed by atoms with E-state index in [1.807, 2.05) is 39.0 Å². The summed E-state index contributed by atoms with van der Waals surface area (Å²) in [6.07, 6.45) is 3.22. The predicted octanol–water partition coefficient (Wildman–Crippen LogP) is 4.35. The zero-order chi connectivity index (χ0) is 21.6. The normalized spacial score (nSPS) is 11.4. The van der Waals surface area contributed by atoms with Gasteiger partial charge in [-0.3, -0.25) is 13.9 Å². The zero-order valence-electron chi connectivity index (χ0n) is 17.6. The number of aromatic nitrogens is 3. The zero-order valence-corrected chi connectivity index (χ0v) is 17.6. The Morgan fingerprint density at radius 1 is 1.10 bits per heavy atom. The molecule has 0 fully saturated rings. The third-order valence-corrected chi connectivity index (χ3v) is 5.25. The summed E-state index contributed by atoms with van der Waals surface area (Å²) >= 11 is 0. The van der Waals surface area contributed by atoms with E-state index in [-0.39, 0.29) is 17.3 Å². The first-order chi connectivity index (χ1) is 14.3. The lowest BCUT2D eigenvalue weighted by molar-refractivity contribution is 0.468. The molecule has 0 aliphatic carbocycles. The van der Waals surface area contributed by atoms with Crippen molar-refractivity contribution in [3.63, 3.8) is 0 Å². The Kier molecular flexibility index (Phi) is 4.81. The van der Waals surface area contributed by atoms with Crippen LogP contribution in [0.1, 0.15) is 31.0 Å². The molecule has 0 atom stereocenters. The molecule has 0 saturated heterocycles. The van der Waals surface area contributed by atoms with Gasteiger partial charge >= 0.3 is 5.69 Å². The van der Waals surface area contributed by atoms with Gasteiger partial charge in [0.2, 0.25) is 5.88 Å². The summed E-state index contributed by atoms with van der Waals surface area (Å²) in [5, 5.41) is 0.787. The van der Waals surface area contributed by atoms with Crippen LogP contribution in [0.3, 0.4) is 0 Å². The van der Waals surface area contributed by atoms with Crippen molar-refractivity contribution in [3.05, 3.63) is 74.8 Å². The molecule has 0 spiro atoms. The van der Waals surface area contributed by atoms with E-state index >= 15 is 0 Å². The molecule has 7 nitrogen and oxygen atoms in total. The van der Waals surface area contributed by atoms with Crippen LogP contribution in [0.2, 0.25) is 0 Å². The maximum Gasteiger partial charge on any atom is 0.331 e. The number of rotatable bonds is 4. The van der Waals surface area contributed by atoms with E-state index in [4.69, 9.17) is 9.15 Å². The van der Waals surface area contributed by atoms with Crippen LogP contribution < -0.4 is 16.0 Å². The Morgan fingerprint density at radius 2 is 1.87 bits per heavy atom. The first-order valence-corrected chi connectivity index (χ1v) is 9.72. The molecule has 0 saturated carbocycles. The number of benzene rings is 1. The van der Waals surface area contributed by atoms with Crippen molar-refractivity contribution >= 4 is 11.0 Å². The molecule has 0 aliphatic rings. The lowest BCUT2D eigenvalue weighted by atomic mass is 10.0. The number of aryl methyl sites for hydroxylation is 1. The number of fused-ring (bicyclic) bond motifs is 1. The SMILES string of the molecule is Cc1cc(Oc2nccc3occc23)ccc1-c1c(C)c(=O)n(C(C)C)c(=O)n1C. The number of hydrogen-bond donors (Lipinski definition) is 0. The molecule has 0 bridgehead atoms. The fraction of sp³-hybridized carbons (Fsp3) is 0.261. The molecule has 4 rings (SSSR count). The number of ether oxygens (including phenoxy) is 1. The minimum atomic E-state index is -0.328. The lowest BCUT2D eigenvalue weighted by Crippen LogP contribution is -2.42. The number of hydrogen-bond acceptors (Lipinski definition) is 5. The van der Waals surface area contributed by atoms with Crippen molar-refractivity contribution < 1.29 is 9.15 Å². The van der Waals surface area contributed by atoms with E-state index in [0.29, 0.717) is 28.5 Å². The van der Waals surface area contributed by atoms with Crippen LogP contribution >= 0.6 is 0 Å². The molecule has 0 unspecified atom stereocenters. The first-order valence-electron chi connectivity index (χ1n) is 9.72. The Morgan fingerprint density at radius 3 is 2.57 bits per heavy atom. The molecule has 0 aliphatic heterocycles. The molecular formula is C23H23N3O4. The predicted molar refractivity (Wildman–Crippen MR) is 115 cm³/mol. The average Bonchev–Trinajstić information content (AvgIpc) is 3.18. The second kappa shape index (κ2) is 7.33. The minimum absolute atomic E-state index is 0.209. The van der Waals surface area contributed by atoms with Crippen molar-refractivity contribution in [1.82, 2.24) is 14.1 Å². The summed E-state index contributed by atoms with van der Waals surface area (Å²) < 4.78 is 14.2. The number of nitrogens with zero attached hydrogens (tertiary/aromatic N) is 3. The Balaban J connectivity index is 1.79. The summed E-state index contributed by atoms with van der Waals surface area (Å²) in [7, 11) is 1.69. The molecule has 3 aromatic heterocycles. The molecule has 154 valence electrons. The van der Waals surface area contributed by atoms with Gasteiger partial charge in [0.15, 0.2) is 0 Å². The van der Waals surface area contributed by atoms with Crippen molar-refractivity contribution in [1.29, 1.82) is 0 Å². The van der Waals surface area contributed by atoms with Gasteiger partial charge in [-0.25, -0.2) is 9.78 Å². The summed E-state index contributed by atoms with van der Waals surface area (Å²) in [5.74, 6) is 1.06. The van der Waals surface area contributed by atoms with Gasteiger partial charge in [-0.1, -0.05) is 0 Å². The Hall–Kier alpha value is -3.61. The number of furan rings is 1. The number of pyridine rings is 1. The lowest BCUT2D eigenvalue weighted by Gasteiger charge is -2.18. The van der Waals surface area contributed by atoms with Crippen LogP contribution in [0.15, 0.2) is 56.8 Å². The second-order valence-electron chi connectivity index (χ2n) is 7.61. The monoisotopic (exact) mass is 405 g/mol. The highest BCUT2D eigenvalue weighted by atomic mass is 16.5. The molecule has 7 heteroatoms. The summed E-state index contributed by atoms with van der Waals surface area (Å²) in [6, 6.07) is 8.91. The van der Waals surface area contributed by atoms with Crippen LogP contribution in [0.4, 0.5) is 0 Å². The van der Waals surface area contributed by atoms with Crippen molar-refractivity contribution in [3.8, 4) is 22.9 Å². The Bertz CT molecular complexity index is 1340. The van der Waals surface area contributed by atoms with Gasteiger partial charge in [-0.15, -0.1) is 0 Å². The second-order valence-corrected chi connectivity index (χ2v) is 7.61. The Labute approximate surface area is 173 Å². The molecule has 0 radical (unpaired) electrons. The van der Waals surface area contributed by atoms with Crippen LogP contribution in [-0.2, 0) is 7.05 Å². The van der Waals surface area contributed by atoms with Gasteiger partial charge in [-0.05, 0) is 63.6 Å². The van der Waals surface area contributed by atoms with Crippen LogP contribution in [0.5, 0.6) is 11.6 Å². The van der Waals surface area contributed by atoms with Crippen LogP contribution in [0, 0.1) is 13.8 Å². The van der Waals surface area contributed by atoms with E-state index < -0.39 is 0 Å². The highest BCUT2D eigenvalue weighted by Crippen LogP contribution is 2.32. The standard InChI is InChI=1S/C23H23N3O4/c1-13(2)26-22(27)15(4)20(25(5)23(26)28)17-7-6-16(12-14(17)3)30-21-18-9-11-29-19(18)8-10-24-21/h6-13H,1-5H3. The molecule has 30 heavy (non-hydrogen) atoms. The largest absolute Gasteiger partial charge is 0.464 e. The van der Waals surface area contributed by atoms with Crippen LogP contribution in [0.25, 0.3) is 22.2 Å². The minimum Gasteiger partial charge on any atom is -0.464 e. The van der Waals surface area contributed by atoms with Crippen LogP contribution in [-0.4, -0.2) is 14.1 Å². The molecule has 4 aromatic rings. The van der Waals surface area contributed by atoms with Gasteiger partial charge in [0.25, 0.3) is 5.56 Å². The smallest absolute Gasteiger partial charge is 0.331 e. The summed E-state index contributed by atoms with van der Waals surface area (Å²) in [6.45, 7) is 7.33. The fourth-order valence-electron chi connectivity index (χ4n) is 3.74. The highest BCUT2D eigenvalue weighted by Gasteiger charge is 2.19. The summed E-state index contributed by atoms with van der Waals surface area (Å²) in [4.78, 5) is 29.9. The first kappa shape index (κ1) is 19.7. The quantitative estimate of drug-likeness (QED) is 0.504. The van der Waals surface area contributed by atoms with Gasteiger partial charge in [0.1, 0.15) is 11.3 Å². The fourth-order valence-corrected chi connectivity index (χ4v) is 3.74. The molecule has 3 heterocycles.